The summed E-state index contributed by atoms with van der Waals surface area (Å²) in [6.45, 7) is 1.71. The summed E-state index contributed by atoms with van der Waals surface area (Å²) in [6, 6.07) is 3.34. The van der Waals surface area contributed by atoms with E-state index in [9.17, 15) is 14.4 Å². The number of carboxylic acid groups (broad SMARTS) is 1. The molecule has 1 aromatic carbocycles. The van der Waals surface area contributed by atoms with Gasteiger partial charge >= 0.3 is 12.0 Å². The fourth-order valence-corrected chi connectivity index (χ4v) is 1.63. The van der Waals surface area contributed by atoms with Crippen molar-refractivity contribution in [1.82, 2.24) is 4.90 Å². The highest BCUT2D eigenvalue weighted by Crippen LogP contribution is 2.23. The zero-order valence-corrected chi connectivity index (χ0v) is 11.5. The van der Waals surface area contributed by atoms with Gasteiger partial charge in [0, 0.05) is 6.54 Å². The quantitative estimate of drug-likeness (QED) is 0.762. The van der Waals surface area contributed by atoms with Crippen molar-refractivity contribution in [3.8, 4) is 0 Å². The van der Waals surface area contributed by atoms with E-state index in [4.69, 9.17) is 22.4 Å². The van der Waals surface area contributed by atoms with Gasteiger partial charge in [-0.15, -0.1) is 0 Å². The molecule has 0 unspecified atom stereocenters. The molecule has 1 rings (SSSR count). The number of aromatic carboxylic acids is 1. The molecule has 0 fully saturated rings. The number of hydrogen-bond donors (Lipinski definition) is 3. The maximum atomic E-state index is 11.9. The zero-order valence-electron chi connectivity index (χ0n) is 10.7. The van der Waals surface area contributed by atoms with Crippen molar-refractivity contribution >= 4 is 35.2 Å². The van der Waals surface area contributed by atoms with Gasteiger partial charge in [-0.05, 0) is 25.1 Å². The number of nitrogens with one attached hydrogen (secondary N) is 1. The van der Waals surface area contributed by atoms with Gasteiger partial charge in [0.1, 0.15) is 6.54 Å². The third-order valence-electron chi connectivity index (χ3n) is 2.47. The van der Waals surface area contributed by atoms with Crippen LogP contribution >= 0.6 is 11.6 Å². The maximum absolute atomic E-state index is 11.9. The monoisotopic (exact) mass is 299 g/mol. The number of likely N-dealkylation sites (N-methyl/N-ethyl adjacent to an activating group) is 1. The number of carboxylic acids is 1. The molecular weight excluding hydrogens is 286 g/mol. The lowest BCUT2D eigenvalue weighted by atomic mass is 10.2. The molecule has 7 nitrogen and oxygen atoms in total. The van der Waals surface area contributed by atoms with Gasteiger partial charge < -0.3 is 21.1 Å². The number of anilines is 1. The zero-order chi connectivity index (χ0) is 15.3. The van der Waals surface area contributed by atoms with E-state index in [0.717, 1.165) is 0 Å². The van der Waals surface area contributed by atoms with Crippen LogP contribution in [0.5, 0.6) is 0 Å². The van der Waals surface area contributed by atoms with Gasteiger partial charge in [-0.3, -0.25) is 4.79 Å². The molecule has 1 aromatic rings. The summed E-state index contributed by atoms with van der Waals surface area (Å²) in [5.41, 5.74) is 5.17. The van der Waals surface area contributed by atoms with Crippen molar-refractivity contribution in [1.29, 1.82) is 0 Å². The molecule has 0 saturated heterocycles. The summed E-state index contributed by atoms with van der Waals surface area (Å²) in [4.78, 5) is 34.8. The van der Waals surface area contributed by atoms with Crippen LogP contribution in [0.1, 0.15) is 17.3 Å². The molecule has 20 heavy (non-hydrogen) atoms. The van der Waals surface area contributed by atoms with E-state index in [0.29, 0.717) is 0 Å². The van der Waals surface area contributed by atoms with Crippen LogP contribution in [0.15, 0.2) is 18.2 Å². The first-order valence-electron chi connectivity index (χ1n) is 5.72. The first-order chi connectivity index (χ1) is 9.35. The Morgan fingerprint density at radius 3 is 2.55 bits per heavy atom. The number of amides is 3. The molecule has 4 N–H and O–H groups in total. The van der Waals surface area contributed by atoms with Crippen molar-refractivity contribution in [3.63, 3.8) is 0 Å². The Balaban J connectivity index is 2.91. The summed E-state index contributed by atoms with van der Waals surface area (Å²) in [5.74, 6) is -1.78. The number of nitrogens with zero attached hydrogens (tertiary/aromatic N) is 1. The number of urea groups is 1. The number of primary amides is 1. The molecule has 0 bridgehead atoms. The molecule has 0 atom stereocenters. The normalized spacial score (nSPS) is 9.90. The number of carbonyl (C=O) groups is 3. The molecule has 0 heterocycles. The Morgan fingerprint density at radius 2 is 2.05 bits per heavy atom. The highest BCUT2D eigenvalue weighted by Gasteiger charge is 2.16. The molecule has 0 spiro atoms. The van der Waals surface area contributed by atoms with Crippen LogP contribution in [0.3, 0.4) is 0 Å². The van der Waals surface area contributed by atoms with Crippen LogP contribution in [0.25, 0.3) is 0 Å². The number of carbonyl (C=O) groups excluding carboxylic acids is 2. The maximum Gasteiger partial charge on any atom is 0.335 e. The Kier molecular flexibility index (Phi) is 5.33. The van der Waals surface area contributed by atoms with Gasteiger partial charge in [0.05, 0.1) is 16.3 Å². The fraction of sp³-hybridized carbons (Fsp3) is 0.250. The third-order valence-corrected chi connectivity index (χ3v) is 2.80. The van der Waals surface area contributed by atoms with Crippen LogP contribution < -0.4 is 11.1 Å². The summed E-state index contributed by atoms with van der Waals surface area (Å²) >= 11 is 5.88. The first kappa shape index (κ1) is 15.8. The minimum Gasteiger partial charge on any atom is -0.478 e. The van der Waals surface area contributed by atoms with Crippen molar-refractivity contribution in [2.24, 2.45) is 5.73 Å². The van der Waals surface area contributed by atoms with Crippen LogP contribution in [-0.2, 0) is 4.79 Å². The summed E-state index contributed by atoms with van der Waals surface area (Å²) < 4.78 is 0. The third kappa shape index (κ3) is 4.13. The first-order valence-corrected chi connectivity index (χ1v) is 6.10. The molecule has 0 aliphatic carbocycles. The minimum absolute atomic E-state index is 0.0114. The van der Waals surface area contributed by atoms with E-state index in [2.05, 4.69) is 5.32 Å². The fourth-order valence-electron chi connectivity index (χ4n) is 1.46. The second-order valence-electron chi connectivity index (χ2n) is 3.91. The minimum atomic E-state index is -1.14. The van der Waals surface area contributed by atoms with Gasteiger partial charge in [0.2, 0.25) is 5.91 Å². The highest BCUT2D eigenvalue weighted by atomic mass is 35.5. The summed E-state index contributed by atoms with van der Waals surface area (Å²) in [6.07, 6.45) is 0. The Hall–Kier alpha value is -2.28. The second kappa shape index (κ2) is 6.76. The van der Waals surface area contributed by atoms with Crippen molar-refractivity contribution in [2.75, 3.05) is 18.4 Å². The molecule has 0 aromatic heterocycles. The van der Waals surface area contributed by atoms with Crippen LogP contribution in [-0.4, -0.2) is 41.0 Å². The number of halogens is 1. The number of benzene rings is 1. The molecule has 0 aliphatic rings. The van der Waals surface area contributed by atoms with Gasteiger partial charge in [-0.1, -0.05) is 11.6 Å². The Bertz CT molecular complexity index is 548. The van der Waals surface area contributed by atoms with E-state index >= 15 is 0 Å². The van der Waals surface area contributed by atoms with E-state index in [1.165, 1.54) is 23.1 Å². The number of rotatable bonds is 5. The lowest BCUT2D eigenvalue weighted by Gasteiger charge is -2.20. The molecule has 3 amide bonds. The van der Waals surface area contributed by atoms with Crippen molar-refractivity contribution in [2.45, 2.75) is 6.92 Å². The number of nitrogens with two attached hydrogens (primary N) is 1. The molecule has 8 heteroatoms. The molecule has 108 valence electrons. The largest absolute Gasteiger partial charge is 0.478 e. The van der Waals surface area contributed by atoms with Gasteiger partial charge in [0.25, 0.3) is 0 Å². The summed E-state index contributed by atoms with van der Waals surface area (Å²) in [5, 5.41) is 11.5. The SMILES string of the molecule is CCN(CC(N)=O)C(=O)Nc1cc(C(=O)O)ccc1Cl. The lowest BCUT2D eigenvalue weighted by Crippen LogP contribution is -2.40. The standard InChI is InChI=1S/C12H14ClN3O4/c1-2-16(6-10(14)17)12(20)15-9-5-7(11(18)19)3-4-8(9)13/h3-5H,2,6H2,1H3,(H2,14,17)(H,15,20)(H,18,19). The average molecular weight is 300 g/mol. The van der Waals surface area contributed by atoms with Gasteiger partial charge in [-0.2, -0.15) is 0 Å². The van der Waals surface area contributed by atoms with Crippen LogP contribution in [0.2, 0.25) is 5.02 Å². The predicted octanol–water partition coefficient (Wildman–Crippen LogP) is 1.38. The molecule has 0 saturated carbocycles. The van der Waals surface area contributed by atoms with Crippen LogP contribution in [0.4, 0.5) is 10.5 Å². The highest BCUT2D eigenvalue weighted by molar-refractivity contribution is 6.33. The summed E-state index contributed by atoms with van der Waals surface area (Å²) in [7, 11) is 0. The van der Waals surface area contributed by atoms with E-state index in [-0.39, 0.29) is 29.4 Å². The Labute approximate surface area is 120 Å². The predicted molar refractivity (Wildman–Crippen MR) is 73.9 cm³/mol. The molecule has 0 radical (unpaired) electrons. The van der Waals surface area contributed by atoms with E-state index in [1.54, 1.807) is 6.92 Å². The topological polar surface area (TPSA) is 113 Å². The van der Waals surface area contributed by atoms with E-state index in [1.807, 2.05) is 0 Å². The second-order valence-corrected chi connectivity index (χ2v) is 4.32. The number of hydrogen-bond acceptors (Lipinski definition) is 3. The smallest absolute Gasteiger partial charge is 0.335 e. The average Bonchev–Trinajstić information content (AvgIpc) is 2.37. The molecular formula is C12H14ClN3O4. The molecule has 0 aliphatic heterocycles. The van der Waals surface area contributed by atoms with Crippen LogP contribution in [0, 0.1) is 0 Å². The van der Waals surface area contributed by atoms with Gasteiger partial charge in [-0.25, -0.2) is 9.59 Å². The Morgan fingerprint density at radius 1 is 1.40 bits per heavy atom. The van der Waals surface area contributed by atoms with E-state index < -0.39 is 17.9 Å². The van der Waals surface area contributed by atoms with Crippen molar-refractivity contribution < 1.29 is 19.5 Å². The van der Waals surface area contributed by atoms with Gasteiger partial charge in [0.15, 0.2) is 0 Å². The van der Waals surface area contributed by atoms with Crippen molar-refractivity contribution in [3.05, 3.63) is 28.8 Å². The lowest BCUT2D eigenvalue weighted by molar-refractivity contribution is -0.118.